The summed E-state index contributed by atoms with van der Waals surface area (Å²) in [6.07, 6.45) is 5.54. The van der Waals surface area contributed by atoms with Gasteiger partial charge in [0.05, 0.1) is 32.8 Å². The van der Waals surface area contributed by atoms with E-state index in [1.54, 1.807) is 31.8 Å². The molecule has 0 fully saturated rings. The highest BCUT2D eigenvalue weighted by atomic mass is 32.1. The second-order valence-electron chi connectivity index (χ2n) is 6.92. The highest BCUT2D eigenvalue weighted by Crippen LogP contribution is 2.27. The van der Waals surface area contributed by atoms with Gasteiger partial charge in [0.1, 0.15) is 11.5 Å². The van der Waals surface area contributed by atoms with Gasteiger partial charge in [-0.05, 0) is 35.4 Å². The quantitative estimate of drug-likeness (QED) is 0.396. The fraction of sp³-hybridized carbons (Fsp3) is 0.217. The van der Waals surface area contributed by atoms with Crippen LogP contribution in [-0.2, 0) is 19.6 Å². The molecule has 0 saturated heterocycles. The first-order chi connectivity index (χ1) is 14.7. The van der Waals surface area contributed by atoms with Crippen molar-refractivity contribution in [1.29, 1.82) is 0 Å². The smallest absolute Gasteiger partial charge is 0.186 e. The molecule has 0 atom stereocenters. The van der Waals surface area contributed by atoms with E-state index < -0.39 is 0 Å². The van der Waals surface area contributed by atoms with Crippen molar-refractivity contribution in [2.45, 2.75) is 19.6 Å². The molecule has 7 heteroatoms. The minimum Gasteiger partial charge on any atom is -0.497 e. The predicted molar refractivity (Wildman–Crippen MR) is 119 cm³/mol. The minimum absolute atomic E-state index is 0.711. The van der Waals surface area contributed by atoms with Gasteiger partial charge in [-0.3, -0.25) is 0 Å². The molecule has 30 heavy (non-hydrogen) atoms. The van der Waals surface area contributed by atoms with Crippen molar-refractivity contribution in [1.82, 2.24) is 14.5 Å². The van der Waals surface area contributed by atoms with Gasteiger partial charge in [0.15, 0.2) is 5.13 Å². The molecule has 0 radical (unpaired) electrons. The molecule has 0 unspecified atom stereocenters. The van der Waals surface area contributed by atoms with Crippen LogP contribution in [-0.4, -0.2) is 28.8 Å². The van der Waals surface area contributed by atoms with E-state index in [1.165, 1.54) is 11.1 Å². The molecule has 0 bridgehead atoms. The van der Waals surface area contributed by atoms with Crippen LogP contribution in [0.5, 0.6) is 11.5 Å². The van der Waals surface area contributed by atoms with Crippen LogP contribution in [0.3, 0.4) is 0 Å². The molecular weight excluding hydrogens is 396 g/mol. The van der Waals surface area contributed by atoms with Gasteiger partial charge in [-0.1, -0.05) is 24.3 Å². The van der Waals surface area contributed by atoms with Crippen LogP contribution < -0.4 is 14.4 Å². The van der Waals surface area contributed by atoms with Crippen molar-refractivity contribution in [3.05, 3.63) is 89.5 Å². The zero-order chi connectivity index (χ0) is 20.8. The molecule has 0 spiro atoms. The average molecular weight is 421 g/mol. The maximum absolute atomic E-state index is 5.40. The lowest BCUT2D eigenvalue weighted by atomic mass is 10.1. The Bertz CT molecular complexity index is 1030. The molecule has 0 N–H and O–H groups in total. The van der Waals surface area contributed by atoms with E-state index in [0.717, 1.165) is 35.4 Å². The number of nitrogens with zero attached hydrogens (tertiary/aromatic N) is 4. The molecule has 0 aliphatic rings. The largest absolute Gasteiger partial charge is 0.497 e. The summed E-state index contributed by atoms with van der Waals surface area (Å²) < 4.78 is 12.8. The zero-order valence-electron chi connectivity index (χ0n) is 17.1. The first kappa shape index (κ1) is 20.0. The van der Waals surface area contributed by atoms with Crippen molar-refractivity contribution in [2.24, 2.45) is 0 Å². The highest BCUT2D eigenvalue weighted by Gasteiger charge is 2.14. The number of thiazole rings is 1. The van der Waals surface area contributed by atoms with Crippen LogP contribution in [0.25, 0.3) is 0 Å². The SMILES string of the molecule is COc1cccc(CN(Cc2cccc(OC)c2)c2nc(Cn3ccnc3)cs2)c1. The van der Waals surface area contributed by atoms with Crippen molar-refractivity contribution in [3.63, 3.8) is 0 Å². The highest BCUT2D eigenvalue weighted by molar-refractivity contribution is 7.13. The third-order valence-corrected chi connectivity index (χ3v) is 5.68. The lowest BCUT2D eigenvalue weighted by Gasteiger charge is -2.23. The van der Waals surface area contributed by atoms with Gasteiger partial charge in [-0.25, -0.2) is 9.97 Å². The number of benzene rings is 2. The van der Waals surface area contributed by atoms with E-state index in [-0.39, 0.29) is 0 Å². The lowest BCUT2D eigenvalue weighted by molar-refractivity contribution is 0.414. The Labute approximate surface area is 180 Å². The Morgan fingerprint density at radius 1 is 0.967 bits per heavy atom. The number of hydrogen-bond acceptors (Lipinski definition) is 6. The van der Waals surface area contributed by atoms with Gasteiger partial charge in [-0.2, -0.15) is 0 Å². The number of ether oxygens (including phenoxy) is 2. The standard InChI is InChI=1S/C23H24N4O2S/c1-28-21-7-3-5-18(11-21)13-27(14-19-6-4-8-22(12-19)29-2)23-25-20(16-30-23)15-26-10-9-24-17-26/h3-12,16-17H,13-15H2,1-2H3. The topological polar surface area (TPSA) is 52.4 Å². The molecule has 154 valence electrons. The van der Waals surface area contributed by atoms with Crippen LogP contribution in [0, 0.1) is 0 Å². The summed E-state index contributed by atoms with van der Waals surface area (Å²) in [5, 5.41) is 3.09. The number of aromatic nitrogens is 3. The number of methoxy groups -OCH3 is 2. The van der Waals surface area contributed by atoms with E-state index in [1.807, 2.05) is 41.4 Å². The monoisotopic (exact) mass is 420 g/mol. The van der Waals surface area contributed by atoms with Crippen LogP contribution in [0.4, 0.5) is 5.13 Å². The molecular formula is C23H24N4O2S. The average Bonchev–Trinajstić information content (AvgIpc) is 3.46. The summed E-state index contributed by atoms with van der Waals surface area (Å²) >= 11 is 1.66. The van der Waals surface area contributed by atoms with Gasteiger partial charge < -0.3 is 18.9 Å². The predicted octanol–water partition coefficient (Wildman–Crippen LogP) is 4.61. The maximum Gasteiger partial charge on any atom is 0.186 e. The van der Waals surface area contributed by atoms with Crippen LogP contribution in [0.2, 0.25) is 0 Å². The Kier molecular flexibility index (Phi) is 6.29. The van der Waals surface area contributed by atoms with Crippen LogP contribution in [0.15, 0.2) is 72.6 Å². The third kappa shape index (κ3) is 4.99. The van der Waals surface area contributed by atoms with Gasteiger partial charge in [0.2, 0.25) is 0 Å². The van der Waals surface area contributed by atoms with E-state index in [4.69, 9.17) is 14.5 Å². The number of hydrogen-bond donors (Lipinski definition) is 0. The summed E-state index contributed by atoms with van der Waals surface area (Å²) in [5.74, 6) is 1.71. The maximum atomic E-state index is 5.40. The molecule has 6 nitrogen and oxygen atoms in total. The van der Waals surface area contributed by atoms with Crippen molar-refractivity contribution < 1.29 is 9.47 Å². The van der Waals surface area contributed by atoms with E-state index in [2.05, 4.69) is 39.5 Å². The Morgan fingerprint density at radius 2 is 1.63 bits per heavy atom. The molecule has 0 aliphatic carbocycles. The second-order valence-corrected chi connectivity index (χ2v) is 7.75. The van der Waals surface area contributed by atoms with E-state index >= 15 is 0 Å². The first-order valence-corrected chi connectivity index (χ1v) is 10.5. The Hall–Kier alpha value is -3.32. The number of imidazole rings is 1. The first-order valence-electron chi connectivity index (χ1n) is 9.64. The third-order valence-electron chi connectivity index (χ3n) is 4.73. The Balaban J connectivity index is 1.59. The molecule has 2 aromatic heterocycles. The molecule has 2 heterocycles. The van der Waals surface area contributed by atoms with Crippen molar-refractivity contribution >= 4 is 16.5 Å². The fourth-order valence-electron chi connectivity index (χ4n) is 3.26. The molecule has 0 saturated carbocycles. The summed E-state index contributed by atoms with van der Waals surface area (Å²) in [5.41, 5.74) is 3.36. The second kappa shape index (κ2) is 9.45. The molecule has 4 rings (SSSR count). The molecule has 0 amide bonds. The van der Waals surface area contributed by atoms with Gasteiger partial charge >= 0.3 is 0 Å². The van der Waals surface area contributed by atoms with Crippen LogP contribution >= 0.6 is 11.3 Å². The fourth-order valence-corrected chi connectivity index (χ4v) is 4.07. The summed E-state index contributed by atoms with van der Waals surface area (Å²) in [4.78, 5) is 11.3. The van der Waals surface area contributed by atoms with Gasteiger partial charge in [-0.15, -0.1) is 11.3 Å². The summed E-state index contributed by atoms with van der Waals surface area (Å²) in [6.45, 7) is 2.17. The lowest BCUT2D eigenvalue weighted by Crippen LogP contribution is -2.22. The van der Waals surface area contributed by atoms with Crippen molar-refractivity contribution in [2.75, 3.05) is 19.1 Å². The molecule has 0 aliphatic heterocycles. The van der Waals surface area contributed by atoms with Gasteiger partial charge in [0.25, 0.3) is 0 Å². The van der Waals surface area contributed by atoms with E-state index in [9.17, 15) is 0 Å². The number of rotatable bonds is 9. The normalized spacial score (nSPS) is 10.7. The van der Waals surface area contributed by atoms with Gasteiger partial charge in [0, 0.05) is 30.9 Å². The van der Waals surface area contributed by atoms with Crippen molar-refractivity contribution in [3.8, 4) is 11.5 Å². The summed E-state index contributed by atoms with van der Waals surface area (Å²) in [7, 11) is 3.38. The molecule has 2 aromatic carbocycles. The summed E-state index contributed by atoms with van der Waals surface area (Å²) in [6, 6.07) is 16.3. The minimum atomic E-state index is 0.711. The number of anilines is 1. The molecule has 4 aromatic rings. The van der Waals surface area contributed by atoms with E-state index in [0.29, 0.717) is 6.54 Å². The van der Waals surface area contributed by atoms with Crippen LogP contribution in [0.1, 0.15) is 16.8 Å². The Morgan fingerprint density at radius 3 is 2.20 bits per heavy atom. The zero-order valence-corrected chi connectivity index (χ0v) is 17.9.